The highest BCUT2D eigenvalue weighted by Crippen LogP contribution is 2.30. The van der Waals surface area contributed by atoms with E-state index in [1.165, 1.54) is 23.3 Å². The predicted octanol–water partition coefficient (Wildman–Crippen LogP) is 2.62. The molecule has 0 radical (unpaired) electrons. The molecule has 0 aromatic heterocycles. The molecule has 132 valence electrons. The third-order valence-electron chi connectivity index (χ3n) is 4.22. The fraction of sp³-hybridized carbons (Fsp3) is 0.278. The van der Waals surface area contributed by atoms with Crippen molar-refractivity contribution in [3.63, 3.8) is 0 Å². The van der Waals surface area contributed by atoms with Crippen molar-refractivity contribution in [3.05, 3.63) is 70.3 Å². The van der Waals surface area contributed by atoms with Crippen LogP contribution in [-0.2, 0) is 30.6 Å². The zero-order valence-corrected chi connectivity index (χ0v) is 13.4. The first-order valence-electron chi connectivity index (χ1n) is 7.86. The van der Waals surface area contributed by atoms with E-state index >= 15 is 0 Å². The van der Waals surface area contributed by atoms with Gasteiger partial charge < -0.3 is 16.4 Å². The van der Waals surface area contributed by atoms with E-state index in [4.69, 9.17) is 5.73 Å². The van der Waals surface area contributed by atoms with Gasteiger partial charge in [-0.3, -0.25) is 4.79 Å². The molecule has 1 amide bonds. The van der Waals surface area contributed by atoms with E-state index in [1.54, 1.807) is 0 Å². The number of halogens is 3. The van der Waals surface area contributed by atoms with Gasteiger partial charge in [0.15, 0.2) is 0 Å². The molecule has 7 heteroatoms. The lowest BCUT2D eigenvalue weighted by molar-refractivity contribution is -0.137. The van der Waals surface area contributed by atoms with Crippen molar-refractivity contribution >= 4 is 5.91 Å². The lowest BCUT2D eigenvalue weighted by atomic mass is 10.0. The van der Waals surface area contributed by atoms with E-state index in [2.05, 4.69) is 10.6 Å². The Bertz CT molecular complexity index is 789. The van der Waals surface area contributed by atoms with Gasteiger partial charge in [-0.1, -0.05) is 30.3 Å². The van der Waals surface area contributed by atoms with Crippen LogP contribution in [0.2, 0.25) is 0 Å². The van der Waals surface area contributed by atoms with Gasteiger partial charge in [0, 0.05) is 19.6 Å². The van der Waals surface area contributed by atoms with Crippen molar-refractivity contribution in [3.8, 4) is 0 Å². The Hall–Kier alpha value is -2.38. The van der Waals surface area contributed by atoms with Crippen molar-refractivity contribution in [1.29, 1.82) is 0 Å². The van der Waals surface area contributed by atoms with Crippen molar-refractivity contribution in [2.75, 3.05) is 0 Å². The summed E-state index contributed by atoms with van der Waals surface area (Å²) in [6.45, 7) is 1.90. The van der Waals surface area contributed by atoms with Crippen LogP contribution in [0.3, 0.4) is 0 Å². The van der Waals surface area contributed by atoms with Crippen LogP contribution in [0.25, 0.3) is 0 Å². The van der Waals surface area contributed by atoms with E-state index in [-0.39, 0.29) is 12.1 Å². The summed E-state index contributed by atoms with van der Waals surface area (Å²) in [7, 11) is 0. The summed E-state index contributed by atoms with van der Waals surface area (Å²) < 4.78 is 38.3. The van der Waals surface area contributed by atoms with Gasteiger partial charge in [0.1, 0.15) is 6.04 Å². The maximum atomic E-state index is 12.8. The van der Waals surface area contributed by atoms with Gasteiger partial charge in [-0.2, -0.15) is 13.2 Å². The molecule has 0 fully saturated rings. The zero-order chi connectivity index (χ0) is 18.0. The van der Waals surface area contributed by atoms with Crippen LogP contribution in [0.15, 0.2) is 42.5 Å². The quantitative estimate of drug-likeness (QED) is 0.795. The molecule has 1 aliphatic rings. The predicted molar refractivity (Wildman–Crippen MR) is 87.2 cm³/mol. The van der Waals surface area contributed by atoms with Gasteiger partial charge in [0.05, 0.1) is 5.56 Å². The van der Waals surface area contributed by atoms with Crippen LogP contribution in [0.5, 0.6) is 0 Å². The summed E-state index contributed by atoms with van der Waals surface area (Å²) in [5, 5.41) is 5.92. The topological polar surface area (TPSA) is 67.2 Å². The van der Waals surface area contributed by atoms with Gasteiger partial charge in [-0.05, 0) is 34.4 Å². The van der Waals surface area contributed by atoms with Gasteiger partial charge >= 0.3 is 6.18 Å². The first kappa shape index (κ1) is 17.4. The zero-order valence-electron chi connectivity index (χ0n) is 13.4. The Morgan fingerprint density at radius 1 is 1.16 bits per heavy atom. The average Bonchev–Trinajstić information content (AvgIpc) is 3.06. The normalized spacial score (nSPS) is 14.9. The third kappa shape index (κ3) is 4.00. The highest BCUT2D eigenvalue weighted by atomic mass is 19.4. The van der Waals surface area contributed by atoms with Crippen LogP contribution in [0.1, 0.15) is 33.9 Å². The second kappa shape index (κ2) is 6.85. The molecule has 1 atom stereocenters. The van der Waals surface area contributed by atoms with E-state index in [0.717, 1.165) is 30.8 Å². The Morgan fingerprint density at radius 2 is 1.92 bits per heavy atom. The summed E-state index contributed by atoms with van der Waals surface area (Å²) in [4.78, 5) is 12.2. The van der Waals surface area contributed by atoms with E-state index in [0.29, 0.717) is 0 Å². The highest BCUT2D eigenvalue weighted by Gasteiger charge is 2.31. The van der Waals surface area contributed by atoms with Gasteiger partial charge in [-0.15, -0.1) is 0 Å². The fourth-order valence-electron chi connectivity index (χ4n) is 2.82. The lowest BCUT2D eigenvalue weighted by Crippen LogP contribution is -2.33. The summed E-state index contributed by atoms with van der Waals surface area (Å²) >= 11 is 0. The van der Waals surface area contributed by atoms with Gasteiger partial charge in [0.25, 0.3) is 0 Å². The minimum atomic E-state index is -4.47. The number of hydrogen-bond acceptors (Lipinski definition) is 3. The standard InChI is InChI=1S/C18H18F3N3O/c19-18(20,21)15-3-1-2-12(7-15)16(22)17(25)24-8-11-4-5-13-9-23-10-14(13)6-11/h1-7,16,23H,8-10,22H2,(H,24,25). The van der Waals surface area contributed by atoms with Crippen molar-refractivity contribution in [2.45, 2.75) is 31.9 Å². The fourth-order valence-corrected chi connectivity index (χ4v) is 2.82. The van der Waals surface area contributed by atoms with E-state index in [9.17, 15) is 18.0 Å². The molecule has 4 N–H and O–H groups in total. The van der Waals surface area contributed by atoms with Crippen LogP contribution >= 0.6 is 0 Å². The van der Waals surface area contributed by atoms with Gasteiger partial charge in [0.2, 0.25) is 5.91 Å². The molecule has 0 saturated carbocycles. The maximum Gasteiger partial charge on any atom is 0.416 e. The molecule has 25 heavy (non-hydrogen) atoms. The summed E-state index contributed by atoms with van der Waals surface area (Å²) in [5.74, 6) is -0.516. The summed E-state index contributed by atoms with van der Waals surface area (Å²) in [6, 6.07) is 9.30. The molecular formula is C18H18F3N3O. The smallest absolute Gasteiger partial charge is 0.350 e. The second-order valence-electron chi connectivity index (χ2n) is 6.03. The summed E-state index contributed by atoms with van der Waals surface area (Å²) in [6.07, 6.45) is -4.47. The number of rotatable bonds is 4. The SMILES string of the molecule is NC(C(=O)NCc1ccc2c(c1)CNC2)c1cccc(C(F)(F)F)c1. The Kier molecular flexibility index (Phi) is 4.78. The number of nitrogens with two attached hydrogens (primary N) is 1. The molecule has 0 saturated heterocycles. The van der Waals surface area contributed by atoms with Crippen LogP contribution < -0.4 is 16.4 Å². The molecule has 1 unspecified atom stereocenters. The highest BCUT2D eigenvalue weighted by molar-refractivity contribution is 5.83. The van der Waals surface area contributed by atoms with Crippen LogP contribution in [-0.4, -0.2) is 5.91 Å². The van der Waals surface area contributed by atoms with Crippen LogP contribution in [0, 0.1) is 0 Å². The minimum Gasteiger partial charge on any atom is -0.350 e. The molecule has 3 rings (SSSR count). The van der Waals surface area contributed by atoms with Crippen molar-refractivity contribution in [1.82, 2.24) is 10.6 Å². The van der Waals surface area contributed by atoms with Crippen LogP contribution in [0.4, 0.5) is 13.2 Å². The number of carbonyl (C=O) groups is 1. The molecule has 2 aromatic carbocycles. The number of benzene rings is 2. The first-order chi connectivity index (χ1) is 11.8. The monoisotopic (exact) mass is 349 g/mol. The van der Waals surface area contributed by atoms with Gasteiger partial charge in [-0.25, -0.2) is 0 Å². The lowest BCUT2D eigenvalue weighted by Gasteiger charge is -2.15. The molecule has 1 heterocycles. The Labute approximate surface area is 143 Å². The minimum absolute atomic E-state index is 0.130. The molecule has 2 aromatic rings. The number of nitrogens with one attached hydrogen (secondary N) is 2. The molecule has 0 aliphatic carbocycles. The number of hydrogen-bond donors (Lipinski definition) is 3. The molecule has 0 bridgehead atoms. The molecule has 1 aliphatic heterocycles. The van der Waals surface area contributed by atoms with Crippen molar-refractivity contribution in [2.24, 2.45) is 5.73 Å². The number of amides is 1. The number of carbonyl (C=O) groups excluding carboxylic acids is 1. The van der Waals surface area contributed by atoms with E-state index in [1.807, 2.05) is 18.2 Å². The van der Waals surface area contributed by atoms with Crippen molar-refractivity contribution < 1.29 is 18.0 Å². The molecule has 0 spiro atoms. The average molecular weight is 349 g/mol. The molecular weight excluding hydrogens is 331 g/mol. The largest absolute Gasteiger partial charge is 0.416 e. The summed E-state index contributed by atoms with van der Waals surface area (Å²) in [5.41, 5.74) is 8.47. The van der Waals surface area contributed by atoms with E-state index < -0.39 is 23.7 Å². The number of fused-ring (bicyclic) bond motifs is 1. The second-order valence-corrected chi connectivity index (χ2v) is 6.03. The Morgan fingerprint density at radius 3 is 2.68 bits per heavy atom. The third-order valence-corrected chi connectivity index (χ3v) is 4.22. The maximum absolute atomic E-state index is 12.8. The Balaban J connectivity index is 1.65. The molecule has 4 nitrogen and oxygen atoms in total. The number of alkyl halides is 3. The first-order valence-corrected chi connectivity index (χ1v) is 7.86.